The second-order valence-electron chi connectivity index (χ2n) is 7.67. The molecule has 7 heteroatoms. The van der Waals surface area contributed by atoms with E-state index in [2.05, 4.69) is 32.1 Å². The minimum atomic E-state index is 0.0384. The fourth-order valence-electron chi connectivity index (χ4n) is 4.33. The van der Waals surface area contributed by atoms with Gasteiger partial charge in [-0.2, -0.15) is 0 Å². The molecule has 2 aromatic rings. The fourth-order valence-corrected chi connectivity index (χ4v) is 4.33. The van der Waals surface area contributed by atoms with E-state index in [1.54, 1.807) is 0 Å². The van der Waals surface area contributed by atoms with E-state index in [9.17, 15) is 4.79 Å². The van der Waals surface area contributed by atoms with Crippen molar-refractivity contribution in [3.63, 3.8) is 0 Å². The highest BCUT2D eigenvalue weighted by Gasteiger charge is 2.39. The Kier molecular flexibility index (Phi) is 5.54. The molecule has 2 saturated heterocycles. The summed E-state index contributed by atoms with van der Waals surface area (Å²) in [5.41, 5.74) is 2.35. The normalized spacial score (nSPS) is 22.1. The van der Waals surface area contributed by atoms with Gasteiger partial charge in [0.1, 0.15) is 12.1 Å². The lowest BCUT2D eigenvalue weighted by Gasteiger charge is -2.28. The molecule has 148 valence electrons. The monoisotopic (exact) mass is 381 g/mol. The summed E-state index contributed by atoms with van der Waals surface area (Å²) < 4.78 is 0. The molecule has 0 spiro atoms. The number of carbonyl (C=O) groups excluding carboxylic acids is 1. The predicted molar refractivity (Wildman–Crippen MR) is 108 cm³/mol. The van der Waals surface area contributed by atoms with Crippen molar-refractivity contribution in [1.29, 1.82) is 0 Å². The van der Waals surface area contributed by atoms with Gasteiger partial charge in [0, 0.05) is 42.4 Å². The number of anilines is 1. The molecule has 1 amide bonds. The van der Waals surface area contributed by atoms with E-state index >= 15 is 0 Å². The van der Waals surface area contributed by atoms with E-state index in [1.165, 1.54) is 6.33 Å². The number of nitrogens with zero attached hydrogens (tertiary/aromatic N) is 4. The van der Waals surface area contributed by atoms with Gasteiger partial charge >= 0.3 is 0 Å². The molecular formula is C21H27N5O2. The SMILES string of the molecule is CN1CCC2CCC(C1)N2C(=O)c1cccc(-c2cc(NCCO)ncn2)c1. The Hall–Kier alpha value is -2.51. The van der Waals surface area contributed by atoms with Crippen LogP contribution in [0.3, 0.4) is 0 Å². The zero-order valence-corrected chi connectivity index (χ0v) is 16.2. The quantitative estimate of drug-likeness (QED) is 0.823. The summed E-state index contributed by atoms with van der Waals surface area (Å²) in [5, 5.41) is 12.0. The van der Waals surface area contributed by atoms with Gasteiger partial charge < -0.3 is 20.2 Å². The highest BCUT2D eigenvalue weighted by Crippen LogP contribution is 2.32. The summed E-state index contributed by atoms with van der Waals surface area (Å²) in [6, 6.07) is 10.2. The van der Waals surface area contributed by atoms with E-state index in [1.807, 2.05) is 30.3 Å². The van der Waals surface area contributed by atoms with E-state index < -0.39 is 0 Å². The van der Waals surface area contributed by atoms with Gasteiger partial charge in [0.15, 0.2) is 0 Å². The van der Waals surface area contributed by atoms with Crippen molar-refractivity contribution in [1.82, 2.24) is 19.8 Å². The van der Waals surface area contributed by atoms with Gasteiger partial charge in [-0.05, 0) is 45.0 Å². The second kappa shape index (κ2) is 8.24. The molecule has 1 aromatic carbocycles. The summed E-state index contributed by atoms with van der Waals surface area (Å²) in [6.45, 7) is 2.47. The minimum Gasteiger partial charge on any atom is -0.395 e. The molecule has 0 aliphatic carbocycles. The number of rotatable bonds is 5. The Morgan fingerprint density at radius 3 is 2.93 bits per heavy atom. The van der Waals surface area contributed by atoms with E-state index in [0.717, 1.165) is 43.6 Å². The topological polar surface area (TPSA) is 81.6 Å². The first-order valence-corrected chi connectivity index (χ1v) is 9.94. The summed E-state index contributed by atoms with van der Waals surface area (Å²) in [6.07, 6.45) is 4.74. The number of aliphatic hydroxyl groups excluding tert-OH is 1. The highest BCUT2D eigenvalue weighted by atomic mass is 16.3. The number of hydrogen-bond acceptors (Lipinski definition) is 6. The Morgan fingerprint density at radius 1 is 1.21 bits per heavy atom. The van der Waals surface area contributed by atoms with Gasteiger partial charge in [-0.15, -0.1) is 0 Å². The molecule has 1 aromatic heterocycles. The Morgan fingerprint density at radius 2 is 2.07 bits per heavy atom. The van der Waals surface area contributed by atoms with Crippen LogP contribution in [0.25, 0.3) is 11.3 Å². The molecule has 0 saturated carbocycles. The van der Waals surface area contributed by atoms with Crippen molar-refractivity contribution in [2.45, 2.75) is 31.3 Å². The van der Waals surface area contributed by atoms with E-state index in [4.69, 9.17) is 5.11 Å². The number of amides is 1. The van der Waals surface area contributed by atoms with Crippen LogP contribution in [-0.2, 0) is 0 Å². The third-order valence-electron chi connectivity index (χ3n) is 5.71. The molecule has 7 nitrogen and oxygen atoms in total. The molecule has 28 heavy (non-hydrogen) atoms. The molecular weight excluding hydrogens is 354 g/mol. The molecule has 2 aliphatic rings. The lowest BCUT2D eigenvalue weighted by Crippen LogP contribution is -2.42. The van der Waals surface area contributed by atoms with Crippen LogP contribution in [-0.4, -0.2) is 76.2 Å². The number of aliphatic hydroxyl groups is 1. The van der Waals surface area contributed by atoms with Crippen molar-refractivity contribution in [3.8, 4) is 11.3 Å². The third-order valence-corrected chi connectivity index (χ3v) is 5.71. The molecule has 2 aliphatic heterocycles. The van der Waals surface area contributed by atoms with E-state index in [-0.39, 0.29) is 12.5 Å². The fraction of sp³-hybridized carbons (Fsp3) is 0.476. The number of fused-ring (bicyclic) bond motifs is 2. The van der Waals surface area contributed by atoms with Crippen LogP contribution in [0.5, 0.6) is 0 Å². The molecule has 4 rings (SSSR count). The lowest BCUT2D eigenvalue weighted by molar-refractivity contribution is 0.0673. The smallest absolute Gasteiger partial charge is 0.254 e. The van der Waals surface area contributed by atoms with Gasteiger partial charge in [0.05, 0.1) is 12.3 Å². The zero-order chi connectivity index (χ0) is 19.5. The van der Waals surface area contributed by atoms with Crippen LogP contribution in [0.15, 0.2) is 36.7 Å². The van der Waals surface area contributed by atoms with Crippen LogP contribution >= 0.6 is 0 Å². The summed E-state index contributed by atoms with van der Waals surface area (Å²) in [7, 11) is 2.14. The number of likely N-dealkylation sites (tertiary alicyclic amines) is 1. The number of nitrogens with one attached hydrogen (secondary N) is 1. The molecule has 0 radical (unpaired) electrons. The molecule has 2 unspecified atom stereocenters. The zero-order valence-electron chi connectivity index (χ0n) is 16.2. The maximum absolute atomic E-state index is 13.3. The van der Waals surface area contributed by atoms with Crippen molar-refractivity contribution in [2.24, 2.45) is 0 Å². The largest absolute Gasteiger partial charge is 0.395 e. The van der Waals surface area contributed by atoms with Crippen LogP contribution < -0.4 is 5.32 Å². The standard InChI is InChI=1S/C21H27N5O2/c1-25-9-7-17-5-6-18(13-25)26(17)21(28)16-4-2-3-15(11-16)19-12-20(22-8-10-27)24-14-23-19/h2-4,11-12,14,17-18,27H,5-10,13H2,1H3,(H,22,23,24). The third kappa shape index (κ3) is 3.86. The number of benzene rings is 1. The van der Waals surface area contributed by atoms with Gasteiger partial charge in [-0.1, -0.05) is 12.1 Å². The molecule has 3 heterocycles. The van der Waals surface area contributed by atoms with Crippen LogP contribution in [0.2, 0.25) is 0 Å². The van der Waals surface area contributed by atoms with Gasteiger partial charge in [-0.25, -0.2) is 9.97 Å². The molecule has 2 fully saturated rings. The number of hydrogen-bond donors (Lipinski definition) is 2. The minimum absolute atomic E-state index is 0.0384. The lowest BCUT2D eigenvalue weighted by atomic mass is 10.1. The summed E-state index contributed by atoms with van der Waals surface area (Å²) in [5.74, 6) is 0.779. The van der Waals surface area contributed by atoms with Crippen molar-refractivity contribution in [3.05, 3.63) is 42.2 Å². The number of likely N-dealkylation sites (N-methyl/N-ethyl adjacent to an activating group) is 1. The molecule has 2 bridgehead atoms. The van der Waals surface area contributed by atoms with Crippen LogP contribution in [0, 0.1) is 0 Å². The highest BCUT2D eigenvalue weighted by molar-refractivity contribution is 5.96. The first-order chi connectivity index (χ1) is 13.7. The second-order valence-corrected chi connectivity index (χ2v) is 7.67. The van der Waals surface area contributed by atoms with Crippen LogP contribution in [0.4, 0.5) is 5.82 Å². The summed E-state index contributed by atoms with van der Waals surface area (Å²) in [4.78, 5) is 26.3. The Bertz CT molecular complexity index is 843. The number of carbonyl (C=O) groups is 1. The van der Waals surface area contributed by atoms with Crippen molar-refractivity contribution >= 4 is 11.7 Å². The molecule has 2 N–H and O–H groups in total. The van der Waals surface area contributed by atoms with Crippen LogP contribution in [0.1, 0.15) is 29.6 Å². The predicted octanol–water partition coefficient (Wildman–Crippen LogP) is 1.86. The van der Waals surface area contributed by atoms with E-state index in [0.29, 0.717) is 30.0 Å². The Labute approximate surface area is 165 Å². The maximum atomic E-state index is 13.3. The van der Waals surface area contributed by atoms with Gasteiger partial charge in [0.2, 0.25) is 0 Å². The first-order valence-electron chi connectivity index (χ1n) is 9.94. The van der Waals surface area contributed by atoms with Crippen molar-refractivity contribution < 1.29 is 9.90 Å². The van der Waals surface area contributed by atoms with Gasteiger partial charge in [-0.3, -0.25) is 4.79 Å². The molecule has 2 atom stereocenters. The average molecular weight is 381 g/mol. The van der Waals surface area contributed by atoms with Gasteiger partial charge in [0.25, 0.3) is 5.91 Å². The Balaban J connectivity index is 1.58. The van der Waals surface area contributed by atoms with Crippen molar-refractivity contribution in [2.75, 3.05) is 38.6 Å². The summed E-state index contributed by atoms with van der Waals surface area (Å²) >= 11 is 0. The first kappa shape index (κ1) is 18.8. The number of aromatic nitrogens is 2. The maximum Gasteiger partial charge on any atom is 0.254 e. The average Bonchev–Trinajstić information content (AvgIpc) is 3.04.